The van der Waals surface area contributed by atoms with Crippen LogP contribution in [0, 0.1) is 0 Å². The van der Waals surface area contributed by atoms with Crippen LogP contribution in [0.2, 0.25) is 5.02 Å². The Morgan fingerprint density at radius 3 is 2.56 bits per heavy atom. The van der Waals surface area contributed by atoms with Gasteiger partial charge in [0.1, 0.15) is 16.4 Å². The zero-order valence-corrected chi connectivity index (χ0v) is 10.5. The SMILES string of the molecule is CC(C)(C)Oc1ncc(OC2CC2)cc1Cl. The van der Waals surface area contributed by atoms with Gasteiger partial charge in [0.2, 0.25) is 5.88 Å². The molecular formula is C12H16ClNO2. The van der Waals surface area contributed by atoms with E-state index in [1.807, 2.05) is 20.8 Å². The van der Waals surface area contributed by atoms with Crippen LogP contribution in [0.3, 0.4) is 0 Å². The molecule has 0 aliphatic heterocycles. The summed E-state index contributed by atoms with van der Waals surface area (Å²) in [6.45, 7) is 5.87. The summed E-state index contributed by atoms with van der Waals surface area (Å²) in [6, 6.07) is 1.76. The van der Waals surface area contributed by atoms with Gasteiger partial charge in [-0.05, 0) is 33.6 Å². The van der Waals surface area contributed by atoms with Crippen molar-refractivity contribution in [2.45, 2.75) is 45.3 Å². The van der Waals surface area contributed by atoms with Gasteiger partial charge in [0, 0.05) is 6.07 Å². The fourth-order valence-corrected chi connectivity index (χ4v) is 1.41. The standard InChI is InChI=1S/C12H16ClNO2/c1-12(2,3)16-11-10(13)6-9(7-14-11)15-8-4-5-8/h6-8H,4-5H2,1-3H3. The lowest BCUT2D eigenvalue weighted by atomic mass is 10.2. The zero-order valence-electron chi connectivity index (χ0n) is 9.79. The van der Waals surface area contributed by atoms with E-state index in [0.717, 1.165) is 12.8 Å². The summed E-state index contributed by atoms with van der Waals surface area (Å²) in [5, 5.41) is 0.494. The first-order chi connectivity index (χ1) is 7.44. The molecule has 16 heavy (non-hydrogen) atoms. The van der Waals surface area contributed by atoms with E-state index in [9.17, 15) is 0 Å². The molecule has 1 aliphatic carbocycles. The summed E-state index contributed by atoms with van der Waals surface area (Å²) in [6.07, 6.45) is 4.26. The highest BCUT2D eigenvalue weighted by Crippen LogP contribution is 2.32. The van der Waals surface area contributed by atoms with Gasteiger partial charge >= 0.3 is 0 Å². The Labute approximate surface area is 101 Å². The second kappa shape index (κ2) is 4.13. The summed E-state index contributed by atoms with van der Waals surface area (Å²) in [4.78, 5) is 4.17. The molecule has 0 amide bonds. The van der Waals surface area contributed by atoms with Crippen molar-refractivity contribution in [1.82, 2.24) is 4.98 Å². The number of nitrogens with zero attached hydrogens (tertiary/aromatic N) is 1. The molecule has 0 aromatic carbocycles. The van der Waals surface area contributed by atoms with E-state index in [1.165, 1.54) is 0 Å². The van der Waals surface area contributed by atoms with Gasteiger partial charge in [-0.1, -0.05) is 11.6 Å². The third-order valence-electron chi connectivity index (χ3n) is 2.01. The molecule has 4 heteroatoms. The molecule has 0 unspecified atom stereocenters. The maximum atomic E-state index is 6.07. The van der Waals surface area contributed by atoms with Gasteiger partial charge < -0.3 is 9.47 Å². The number of rotatable bonds is 3. The third kappa shape index (κ3) is 3.27. The average molecular weight is 242 g/mol. The Morgan fingerprint density at radius 1 is 1.38 bits per heavy atom. The van der Waals surface area contributed by atoms with Crippen molar-refractivity contribution < 1.29 is 9.47 Å². The van der Waals surface area contributed by atoms with E-state index in [1.54, 1.807) is 12.3 Å². The van der Waals surface area contributed by atoms with Gasteiger partial charge in [-0.15, -0.1) is 0 Å². The summed E-state index contributed by atoms with van der Waals surface area (Å²) in [5.41, 5.74) is -0.296. The molecule has 88 valence electrons. The van der Waals surface area contributed by atoms with Gasteiger partial charge in [-0.3, -0.25) is 0 Å². The van der Waals surface area contributed by atoms with E-state index < -0.39 is 0 Å². The second-order valence-corrected chi connectivity index (χ2v) is 5.40. The Hall–Kier alpha value is -0.960. The van der Waals surface area contributed by atoms with Crippen LogP contribution < -0.4 is 9.47 Å². The lowest BCUT2D eigenvalue weighted by molar-refractivity contribution is 0.124. The maximum Gasteiger partial charge on any atom is 0.233 e. The highest BCUT2D eigenvalue weighted by molar-refractivity contribution is 6.31. The predicted octanol–water partition coefficient (Wildman–Crippen LogP) is 3.45. The molecule has 3 nitrogen and oxygen atoms in total. The summed E-state index contributed by atoms with van der Waals surface area (Å²) >= 11 is 6.07. The average Bonchev–Trinajstić information content (AvgIpc) is 2.92. The van der Waals surface area contributed by atoms with Crippen LogP contribution in [-0.2, 0) is 0 Å². The van der Waals surface area contributed by atoms with Crippen molar-refractivity contribution in [2.75, 3.05) is 0 Å². The predicted molar refractivity (Wildman–Crippen MR) is 63.3 cm³/mol. The van der Waals surface area contributed by atoms with Crippen molar-refractivity contribution in [3.63, 3.8) is 0 Å². The Kier molecular flexibility index (Phi) is 2.98. The lowest BCUT2D eigenvalue weighted by Crippen LogP contribution is -2.23. The molecule has 0 atom stereocenters. The van der Waals surface area contributed by atoms with Crippen molar-refractivity contribution in [1.29, 1.82) is 0 Å². The number of aromatic nitrogens is 1. The van der Waals surface area contributed by atoms with E-state index >= 15 is 0 Å². The molecule has 1 aliphatic rings. The van der Waals surface area contributed by atoms with Crippen LogP contribution in [0.4, 0.5) is 0 Å². The normalized spacial score (nSPS) is 16.0. The van der Waals surface area contributed by atoms with Gasteiger partial charge in [0.05, 0.1) is 12.3 Å². The fourth-order valence-electron chi connectivity index (χ4n) is 1.22. The molecule has 0 spiro atoms. The lowest BCUT2D eigenvalue weighted by Gasteiger charge is -2.21. The highest BCUT2D eigenvalue weighted by Gasteiger charge is 2.24. The Morgan fingerprint density at radius 2 is 2.06 bits per heavy atom. The molecule has 1 heterocycles. The minimum absolute atomic E-state index is 0.296. The van der Waals surface area contributed by atoms with Crippen molar-refractivity contribution in [3.8, 4) is 11.6 Å². The van der Waals surface area contributed by atoms with Gasteiger partial charge in [-0.2, -0.15) is 0 Å². The molecule has 0 saturated heterocycles. The van der Waals surface area contributed by atoms with E-state index in [4.69, 9.17) is 21.1 Å². The molecule has 2 rings (SSSR count). The van der Waals surface area contributed by atoms with Crippen molar-refractivity contribution in [2.24, 2.45) is 0 Å². The molecule has 1 fully saturated rings. The van der Waals surface area contributed by atoms with Crippen LogP contribution in [0.15, 0.2) is 12.3 Å². The topological polar surface area (TPSA) is 31.4 Å². The maximum absolute atomic E-state index is 6.07. The number of halogens is 1. The number of hydrogen-bond acceptors (Lipinski definition) is 3. The van der Waals surface area contributed by atoms with Crippen molar-refractivity contribution >= 4 is 11.6 Å². The zero-order chi connectivity index (χ0) is 11.8. The minimum atomic E-state index is -0.296. The second-order valence-electron chi connectivity index (χ2n) is 4.99. The van der Waals surface area contributed by atoms with Crippen LogP contribution in [0.25, 0.3) is 0 Å². The van der Waals surface area contributed by atoms with Gasteiger partial charge in [-0.25, -0.2) is 4.98 Å². The summed E-state index contributed by atoms with van der Waals surface area (Å²) in [5.74, 6) is 1.17. The largest absolute Gasteiger partial charge is 0.489 e. The monoisotopic (exact) mass is 241 g/mol. The van der Waals surface area contributed by atoms with Crippen LogP contribution in [-0.4, -0.2) is 16.7 Å². The molecule has 1 saturated carbocycles. The van der Waals surface area contributed by atoms with E-state index in [2.05, 4.69) is 4.98 Å². The number of hydrogen-bond donors (Lipinski definition) is 0. The van der Waals surface area contributed by atoms with Crippen LogP contribution >= 0.6 is 11.6 Å². The molecule has 0 bridgehead atoms. The first-order valence-electron chi connectivity index (χ1n) is 5.45. The van der Waals surface area contributed by atoms with E-state index in [0.29, 0.717) is 22.8 Å². The molecule has 1 aromatic rings. The van der Waals surface area contributed by atoms with Crippen LogP contribution in [0.1, 0.15) is 33.6 Å². The molecule has 0 N–H and O–H groups in total. The van der Waals surface area contributed by atoms with Crippen molar-refractivity contribution in [3.05, 3.63) is 17.3 Å². The first-order valence-corrected chi connectivity index (χ1v) is 5.83. The highest BCUT2D eigenvalue weighted by atomic mass is 35.5. The number of pyridine rings is 1. The molecule has 0 radical (unpaired) electrons. The number of ether oxygens (including phenoxy) is 2. The van der Waals surface area contributed by atoms with Gasteiger partial charge in [0.15, 0.2) is 0 Å². The quantitative estimate of drug-likeness (QED) is 0.812. The summed E-state index contributed by atoms with van der Waals surface area (Å²) in [7, 11) is 0. The minimum Gasteiger partial charge on any atom is -0.489 e. The smallest absolute Gasteiger partial charge is 0.233 e. The third-order valence-corrected chi connectivity index (χ3v) is 2.28. The van der Waals surface area contributed by atoms with E-state index in [-0.39, 0.29) is 5.60 Å². The Balaban J connectivity index is 2.09. The first kappa shape index (κ1) is 11.5. The molecular weight excluding hydrogens is 226 g/mol. The van der Waals surface area contributed by atoms with Gasteiger partial charge in [0.25, 0.3) is 0 Å². The molecule has 1 aromatic heterocycles. The summed E-state index contributed by atoms with van der Waals surface area (Å²) < 4.78 is 11.2. The Bertz CT molecular complexity index is 383. The fraction of sp³-hybridized carbons (Fsp3) is 0.583. The van der Waals surface area contributed by atoms with Crippen LogP contribution in [0.5, 0.6) is 11.6 Å².